The van der Waals surface area contributed by atoms with Crippen molar-refractivity contribution in [3.05, 3.63) is 24.3 Å². The number of benzene rings is 1. The van der Waals surface area contributed by atoms with Crippen LogP contribution in [0, 0.1) is 5.92 Å². The van der Waals surface area contributed by atoms with E-state index in [1.54, 1.807) is 19.1 Å². The number of anilines is 1. The summed E-state index contributed by atoms with van der Waals surface area (Å²) in [6.07, 6.45) is -0.448. The van der Waals surface area contributed by atoms with Crippen LogP contribution in [0.4, 0.5) is 5.69 Å². The largest absolute Gasteiger partial charge is 0.508 e. The van der Waals surface area contributed by atoms with E-state index in [1.165, 1.54) is 17.0 Å². The summed E-state index contributed by atoms with van der Waals surface area (Å²) in [7, 11) is 0. The van der Waals surface area contributed by atoms with E-state index >= 15 is 0 Å². The van der Waals surface area contributed by atoms with Gasteiger partial charge < -0.3 is 20.4 Å². The summed E-state index contributed by atoms with van der Waals surface area (Å²) in [6.45, 7) is 2.08. The quantitative estimate of drug-likeness (QED) is 0.736. The third-order valence-corrected chi connectivity index (χ3v) is 3.23. The van der Waals surface area contributed by atoms with Gasteiger partial charge in [0.05, 0.1) is 12.0 Å². The Labute approximate surface area is 117 Å². The molecule has 2 amide bonds. The molecule has 1 aliphatic heterocycles. The Morgan fingerprint density at radius 2 is 2.10 bits per heavy atom. The Morgan fingerprint density at radius 1 is 1.45 bits per heavy atom. The van der Waals surface area contributed by atoms with Crippen LogP contribution in [0.15, 0.2) is 24.3 Å². The van der Waals surface area contributed by atoms with Crippen LogP contribution in [0.5, 0.6) is 5.75 Å². The predicted octanol–water partition coefficient (Wildman–Crippen LogP) is 0.242. The van der Waals surface area contributed by atoms with E-state index in [0.29, 0.717) is 12.2 Å². The number of phenols is 1. The molecule has 1 saturated heterocycles. The van der Waals surface area contributed by atoms with Gasteiger partial charge in [-0.2, -0.15) is 0 Å². The van der Waals surface area contributed by atoms with Gasteiger partial charge in [0.1, 0.15) is 5.75 Å². The summed E-state index contributed by atoms with van der Waals surface area (Å²) in [5.74, 6) is -0.616. The number of aromatic hydroxyl groups is 1. The molecule has 3 N–H and O–H groups in total. The van der Waals surface area contributed by atoms with E-state index in [-0.39, 0.29) is 30.5 Å². The van der Waals surface area contributed by atoms with Crippen molar-refractivity contribution in [3.8, 4) is 5.75 Å². The van der Waals surface area contributed by atoms with Crippen molar-refractivity contribution in [1.29, 1.82) is 0 Å². The number of phenolic OH excluding ortho intramolecular Hbond substituents is 1. The van der Waals surface area contributed by atoms with E-state index in [9.17, 15) is 14.7 Å². The number of aliphatic hydroxyl groups excluding tert-OH is 1. The fourth-order valence-corrected chi connectivity index (χ4v) is 2.16. The van der Waals surface area contributed by atoms with Gasteiger partial charge >= 0.3 is 0 Å². The molecule has 1 aliphatic rings. The van der Waals surface area contributed by atoms with Crippen LogP contribution >= 0.6 is 0 Å². The monoisotopic (exact) mass is 278 g/mol. The fraction of sp³-hybridized carbons (Fsp3) is 0.429. The average Bonchev–Trinajstić information content (AvgIpc) is 2.79. The standard InChI is InChI=1S/C14H18N2O4/c1-9(17)7-15-14(20)10-6-13(19)16(8-10)11-2-4-12(18)5-3-11/h2-5,9-10,17-18H,6-8H2,1H3,(H,15,20). The molecule has 1 aromatic carbocycles. The molecule has 6 nitrogen and oxygen atoms in total. The van der Waals surface area contributed by atoms with Crippen LogP contribution in [-0.2, 0) is 9.59 Å². The number of hydrogen-bond acceptors (Lipinski definition) is 4. The number of amides is 2. The van der Waals surface area contributed by atoms with Crippen molar-refractivity contribution in [2.75, 3.05) is 18.0 Å². The van der Waals surface area contributed by atoms with Gasteiger partial charge in [-0.25, -0.2) is 0 Å². The molecule has 0 aliphatic carbocycles. The topological polar surface area (TPSA) is 89.9 Å². The number of carbonyl (C=O) groups is 2. The molecule has 0 radical (unpaired) electrons. The second kappa shape index (κ2) is 5.92. The number of aliphatic hydroxyl groups is 1. The van der Waals surface area contributed by atoms with Gasteiger partial charge in [0.2, 0.25) is 11.8 Å². The highest BCUT2D eigenvalue weighted by Crippen LogP contribution is 2.26. The van der Waals surface area contributed by atoms with Crippen molar-refractivity contribution in [1.82, 2.24) is 5.32 Å². The second-order valence-corrected chi connectivity index (χ2v) is 5.02. The Bertz CT molecular complexity index is 498. The summed E-state index contributed by atoms with van der Waals surface area (Å²) < 4.78 is 0. The molecule has 1 aromatic rings. The van der Waals surface area contributed by atoms with Gasteiger partial charge in [0, 0.05) is 25.2 Å². The molecule has 6 heteroatoms. The van der Waals surface area contributed by atoms with E-state index in [4.69, 9.17) is 5.11 Å². The van der Waals surface area contributed by atoms with Crippen LogP contribution in [0.1, 0.15) is 13.3 Å². The summed E-state index contributed by atoms with van der Waals surface area (Å²) in [5, 5.41) is 21.0. The van der Waals surface area contributed by atoms with Crippen LogP contribution in [-0.4, -0.2) is 41.2 Å². The van der Waals surface area contributed by atoms with Crippen molar-refractivity contribution in [3.63, 3.8) is 0 Å². The zero-order valence-electron chi connectivity index (χ0n) is 11.2. The minimum absolute atomic E-state index is 0.118. The van der Waals surface area contributed by atoms with Crippen LogP contribution in [0.3, 0.4) is 0 Å². The smallest absolute Gasteiger partial charge is 0.227 e. The highest BCUT2D eigenvalue weighted by molar-refractivity contribution is 6.00. The van der Waals surface area contributed by atoms with Crippen molar-refractivity contribution >= 4 is 17.5 Å². The van der Waals surface area contributed by atoms with Gasteiger partial charge in [-0.05, 0) is 31.2 Å². The Morgan fingerprint density at radius 3 is 2.70 bits per heavy atom. The third kappa shape index (κ3) is 3.27. The first kappa shape index (κ1) is 14.3. The van der Waals surface area contributed by atoms with Crippen LogP contribution < -0.4 is 10.2 Å². The Kier molecular flexibility index (Phi) is 4.24. The summed E-state index contributed by atoms with van der Waals surface area (Å²) in [6, 6.07) is 6.29. The molecular formula is C14H18N2O4. The molecule has 20 heavy (non-hydrogen) atoms. The minimum Gasteiger partial charge on any atom is -0.508 e. The first-order valence-corrected chi connectivity index (χ1v) is 6.52. The molecule has 2 rings (SSSR count). The normalized spacial score (nSPS) is 20.0. The number of rotatable bonds is 4. The maximum absolute atomic E-state index is 11.9. The van der Waals surface area contributed by atoms with Gasteiger partial charge in [0.25, 0.3) is 0 Å². The third-order valence-electron chi connectivity index (χ3n) is 3.23. The first-order valence-electron chi connectivity index (χ1n) is 6.52. The number of hydrogen-bond donors (Lipinski definition) is 3. The van der Waals surface area contributed by atoms with Gasteiger partial charge in [-0.3, -0.25) is 9.59 Å². The summed E-state index contributed by atoms with van der Waals surface area (Å²) in [5.41, 5.74) is 0.665. The fourth-order valence-electron chi connectivity index (χ4n) is 2.16. The first-order chi connectivity index (χ1) is 9.47. The minimum atomic E-state index is -0.607. The lowest BCUT2D eigenvalue weighted by Gasteiger charge is -2.17. The maximum Gasteiger partial charge on any atom is 0.227 e. The average molecular weight is 278 g/mol. The van der Waals surface area contributed by atoms with Gasteiger partial charge in [-0.1, -0.05) is 0 Å². The lowest BCUT2D eigenvalue weighted by Crippen LogP contribution is -2.36. The van der Waals surface area contributed by atoms with E-state index < -0.39 is 12.0 Å². The number of nitrogens with one attached hydrogen (secondary N) is 1. The molecule has 0 saturated carbocycles. The lowest BCUT2D eigenvalue weighted by atomic mass is 10.1. The number of carbonyl (C=O) groups excluding carboxylic acids is 2. The zero-order chi connectivity index (χ0) is 14.7. The van der Waals surface area contributed by atoms with Crippen LogP contribution in [0.25, 0.3) is 0 Å². The van der Waals surface area contributed by atoms with E-state index in [0.717, 1.165) is 0 Å². The van der Waals surface area contributed by atoms with Gasteiger partial charge in [-0.15, -0.1) is 0 Å². The molecule has 108 valence electrons. The lowest BCUT2D eigenvalue weighted by molar-refractivity contribution is -0.126. The second-order valence-electron chi connectivity index (χ2n) is 5.02. The van der Waals surface area contributed by atoms with Crippen molar-refractivity contribution in [2.24, 2.45) is 5.92 Å². The van der Waals surface area contributed by atoms with E-state index in [1.807, 2.05) is 0 Å². The van der Waals surface area contributed by atoms with E-state index in [2.05, 4.69) is 5.32 Å². The highest BCUT2D eigenvalue weighted by atomic mass is 16.3. The zero-order valence-corrected chi connectivity index (χ0v) is 11.2. The molecule has 2 atom stereocenters. The maximum atomic E-state index is 11.9. The van der Waals surface area contributed by atoms with Gasteiger partial charge in [0.15, 0.2) is 0 Å². The highest BCUT2D eigenvalue weighted by Gasteiger charge is 2.34. The summed E-state index contributed by atoms with van der Waals surface area (Å²) in [4.78, 5) is 25.4. The predicted molar refractivity (Wildman–Crippen MR) is 73.3 cm³/mol. The Balaban J connectivity index is 2.00. The molecule has 0 spiro atoms. The molecular weight excluding hydrogens is 260 g/mol. The van der Waals surface area contributed by atoms with Crippen molar-refractivity contribution in [2.45, 2.75) is 19.4 Å². The molecule has 1 heterocycles. The molecule has 0 aromatic heterocycles. The Hall–Kier alpha value is -2.08. The SMILES string of the molecule is CC(O)CNC(=O)C1CC(=O)N(c2ccc(O)cc2)C1. The van der Waals surface area contributed by atoms with Crippen LogP contribution in [0.2, 0.25) is 0 Å². The molecule has 1 fully saturated rings. The number of nitrogens with zero attached hydrogens (tertiary/aromatic N) is 1. The molecule has 2 unspecified atom stereocenters. The van der Waals surface area contributed by atoms with Crippen molar-refractivity contribution < 1.29 is 19.8 Å². The summed E-state index contributed by atoms with van der Waals surface area (Å²) >= 11 is 0. The molecule has 0 bridgehead atoms.